The largest absolute Gasteiger partial charge is 0.507 e. The van der Waals surface area contributed by atoms with Gasteiger partial charge in [0.15, 0.2) is 0 Å². The number of hydrogen-bond donors (Lipinski definition) is 2. The molecule has 2 aromatic rings. The molecule has 0 heterocycles. The van der Waals surface area contributed by atoms with Crippen LogP contribution in [0.2, 0.25) is 0 Å². The Morgan fingerprint density at radius 3 is 2.50 bits per heavy atom. The Labute approximate surface area is 167 Å². The van der Waals surface area contributed by atoms with Crippen molar-refractivity contribution in [1.29, 1.82) is 0 Å². The number of carbonyl (C=O) groups is 1. The summed E-state index contributed by atoms with van der Waals surface area (Å²) in [5.41, 5.74) is 3.48. The molecule has 3 atom stereocenters. The van der Waals surface area contributed by atoms with E-state index in [0.717, 1.165) is 24.0 Å². The fourth-order valence-electron chi connectivity index (χ4n) is 4.20. The van der Waals surface area contributed by atoms with Gasteiger partial charge < -0.3 is 10.2 Å². The quantitative estimate of drug-likeness (QED) is 0.634. The van der Waals surface area contributed by atoms with Gasteiger partial charge in [0.05, 0.1) is 0 Å². The molecule has 0 bridgehead atoms. The molecular weight excluding hydrogens is 348 g/mol. The van der Waals surface area contributed by atoms with Gasteiger partial charge in [-0.15, -0.1) is 0 Å². The zero-order chi connectivity index (χ0) is 20.3. The number of aromatic hydroxyl groups is 1. The molecular formula is C25H28O3. The lowest BCUT2D eigenvalue weighted by atomic mass is 9.67. The average Bonchev–Trinajstić information content (AvgIpc) is 2.66. The fraction of sp³-hybridized carbons (Fsp3) is 0.320. The summed E-state index contributed by atoms with van der Waals surface area (Å²) in [5, 5.41) is 19.3. The Bertz CT molecular complexity index is 911. The summed E-state index contributed by atoms with van der Waals surface area (Å²) < 4.78 is 0. The van der Waals surface area contributed by atoms with Gasteiger partial charge in [-0.25, -0.2) is 4.79 Å². The first-order chi connectivity index (χ1) is 13.3. The van der Waals surface area contributed by atoms with Crippen LogP contribution in [0.1, 0.15) is 61.0 Å². The molecule has 0 fully saturated rings. The van der Waals surface area contributed by atoms with Crippen molar-refractivity contribution >= 4 is 5.97 Å². The van der Waals surface area contributed by atoms with Crippen LogP contribution in [0.4, 0.5) is 0 Å². The van der Waals surface area contributed by atoms with E-state index in [9.17, 15) is 15.0 Å². The maximum absolute atomic E-state index is 11.5. The smallest absolute Gasteiger partial charge is 0.339 e. The molecule has 3 nitrogen and oxygen atoms in total. The van der Waals surface area contributed by atoms with E-state index in [0.29, 0.717) is 5.92 Å². The Morgan fingerprint density at radius 1 is 1.14 bits per heavy atom. The first-order valence-corrected chi connectivity index (χ1v) is 9.76. The molecule has 0 radical (unpaired) electrons. The van der Waals surface area contributed by atoms with Crippen LogP contribution in [0.3, 0.4) is 0 Å². The van der Waals surface area contributed by atoms with E-state index in [1.165, 1.54) is 11.6 Å². The molecule has 2 aromatic carbocycles. The zero-order valence-electron chi connectivity index (χ0n) is 16.7. The van der Waals surface area contributed by atoms with Crippen LogP contribution in [-0.4, -0.2) is 16.2 Å². The third kappa shape index (κ3) is 4.19. The Hall–Kier alpha value is -2.81. The SMILES string of the molecule is CC1=CC=CC(C)(C(C)CC(c2ccccc2)c2ccc(O)c(C(=O)O)c2)C1. The van der Waals surface area contributed by atoms with Gasteiger partial charge in [0.25, 0.3) is 0 Å². The second-order valence-corrected chi connectivity index (χ2v) is 8.24. The van der Waals surface area contributed by atoms with Crippen molar-refractivity contribution in [2.45, 2.75) is 39.5 Å². The summed E-state index contributed by atoms with van der Waals surface area (Å²) in [5.74, 6) is -0.854. The maximum Gasteiger partial charge on any atom is 0.339 e. The minimum Gasteiger partial charge on any atom is -0.507 e. The number of allylic oxidation sites excluding steroid dienone is 4. The molecule has 0 spiro atoms. The van der Waals surface area contributed by atoms with Gasteiger partial charge in [-0.1, -0.05) is 74.0 Å². The first kappa shape index (κ1) is 19.9. The lowest BCUT2D eigenvalue weighted by Gasteiger charge is -2.37. The minimum atomic E-state index is -1.11. The van der Waals surface area contributed by atoms with Crippen LogP contribution in [0, 0.1) is 11.3 Å². The van der Waals surface area contributed by atoms with E-state index in [2.05, 4.69) is 51.1 Å². The molecule has 3 rings (SSSR count). The number of benzene rings is 2. The highest BCUT2D eigenvalue weighted by molar-refractivity contribution is 5.91. The van der Waals surface area contributed by atoms with E-state index in [-0.39, 0.29) is 22.6 Å². The zero-order valence-corrected chi connectivity index (χ0v) is 16.7. The molecule has 2 N–H and O–H groups in total. The molecule has 0 aliphatic heterocycles. The summed E-state index contributed by atoms with van der Waals surface area (Å²) in [6, 6.07) is 15.2. The standard InChI is InChI=1S/C25H28O3/c1-17-8-7-13-25(3,16-17)18(2)14-21(19-9-5-4-6-10-19)20-11-12-23(26)22(15-20)24(27)28/h4-13,15,18,21,26H,14,16H2,1-3H3,(H,27,28). The molecule has 0 saturated carbocycles. The molecule has 0 saturated heterocycles. The number of aromatic carboxylic acids is 1. The van der Waals surface area contributed by atoms with Crippen molar-refractivity contribution in [3.63, 3.8) is 0 Å². The third-order valence-electron chi connectivity index (χ3n) is 6.09. The number of rotatable bonds is 6. The van der Waals surface area contributed by atoms with Gasteiger partial charge in [-0.2, -0.15) is 0 Å². The van der Waals surface area contributed by atoms with Gasteiger partial charge in [-0.3, -0.25) is 0 Å². The van der Waals surface area contributed by atoms with Crippen LogP contribution in [-0.2, 0) is 0 Å². The topological polar surface area (TPSA) is 57.5 Å². The van der Waals surface area contributed by atoms with Crippen LogP contribution >= 0.6 is 0 Å². The first-order valence-electron chi connectivity index (χ1n) is 9.76. The van der Waals surface area contributed by atoms with Crippen molar-refractivity contribution in [3.05, 3.63) is 89.0 Å². The van der Waals surface area contributed by atoms with Gasteiger partial charge >= 0.3 is 5.97 Å². The Kier molecular flexibility index (Phi) is 5.73. The summed E-state index contributed by atoms with van der Waals surface area (Å²) in [6.07, 6.45) is 8.54. The molecule has 28 heavy (non-hydrogen) atoms. The van der Waals surface area contributed by atoms with Crippen molar-refractivity contribution in [2.75, 3.05) is 0 Å². The molecule has 0 amide bonds. The summed E-state index contributed by atoms with van der Waals surface area (Å²) in [7, 11) is 0. The Balaban J connectivity index is 1.97. The fourth-order valence-corrected chi connectivity index (χ4v) is 4.20. The van der Waals surface area contributed by atoms with E-state index >= 15 is 0 Å². The van der Waals surface area contributed by atoms with E-state index in [1.807, 2.05) is 24.3 Å². The van der Waals surface area contributed by atoms with Gasteiger partial charge in [0.1, 0.15) is 11.3 Å². The van der Waals surface area contributed by atoms with Crippen molar-refractivity contribution in [3.8, 4) is 5.75 Å². The minimum absolute atomic E-state index is 0.0476. The van der Waals surface area contributed by atoms with Crippen molar-refractivity contribution in [2.24, 2.45) is 11.3 Å². The predicted molar refractivity (Wildman–Crippen MR) is 113 cm³/mol. The van der Waals surface area contributed by atoms with Gasteiger partial charge in [0, 0.05) is 5.92 Å². The molecule has 3 unspecified atom stereocenters. The van der Waals surface area contributed by atoms with E-state index in [1.54, 1.807) is 6.07 Å². The van der Waals surface area contributed by atoms with Crippen molar-refractivity contribution < 1.29 is 15.0 Å². The average molecular weight is 376 g/mol. The summed E-state index contributed by atoms with van der Waals surface area (Å²) >= 11 is 0. The molecule has 1 aliphatic carbocycles. The van der Waals surface area contributed by atoms with E-state index < -0.39 is 5.97 Å². The third-order valence-corrected chi connectivity index (χ3v) is 6.09. The number of phenols is 1. The monoisotopic (exact) mass is 376 g/mol. The lowest BCUT2D eigenvalue weighted by molar-refractivity contribution is 0.0693. The lowest BCUT2D eigenvalue weighted by Crippen LogP contribution is -2.26. The molecule has 146 valence electrons. The number of hydrogen-bond acceptors (Lipinski definition) is 2. The van der Waals surface area contributed by atoms with Crippen LogP contribution in [0.15, 0.2) is 72.3 Å². The van der Waals surface area contributed by atoms with E-state index in [4.69, 9.17) is 0 Å². The summed E-state index contributed by atoms with van der Waals surface area (Å²) in [6.45, 7) is 6.74. The molecule has 3 heteroatoms. The predicted octanol–water partition coefficient (Wildman–Crippen LogP) is 6.16. The summed E-state index contributed by atoms with van der Waals surface area (Å²) in [4.78, 5) is 11.5. The van der Waals surface area contributed by atoms with Crippen LogP contribution in [0.5, 0.6) is 5.75 Å². The highest BCUT2D eigenvalue weighted by Crippen LogP contribution is 2.44. The van der Waals surface area contributed by atoms with Crippen LogP contribution < -0.4 is 0 Å². The number of carboxylic acids is 1. The van der Waals surface area contributed by atoms with Gasteiger partial charge in [0.2, 0.25) is 0 Å². The normalized spacial score (nSPS) is 21.0. The molecule has 0 aromatic heterocycles. The second-order valence-electron chi connectivity index (χ2n) is 8.24. The maximum atomic E-state index is 11.5. The second kappa shape index (κ2) is 8.05. The highest BCUT2D eigenvalue weighted by Gasteiger charge is 2.32. The van der Waals surface area contributed by atoms with Crippen LogP contribution in [0.25, 0.3) is 0 Å². The Morgan fingerprint density at radius 2 is 1.86 bits per heavy atom. The number of carboxylic acid groups (broad SMARTS) is 1. The highest BCUT2D eigenvalue weighted by atomic mass is 16.4. The van der Waals surface area contributed by atoms with Crippen molar-refractivity contribution in [1.82, 2.24) is 0 Å². The van der Waals surface area contributed by atoms with Gasteiger partial charge in [-0.05, 0) is 54.4 Å². The molecule has 1 aliphatic rings.